The van der Waals surface area contributed by atoms with Crippen LogP contribution < -0.4 is 15.7 Å². The average Bonchev–Trinajstić information content (AvgIpc) is 2.61. The molecule has 0 atom stereocenters. The fourth-order valence-corrected chi connectivity index (χ4v) is 2.99. The number of nitrogens with one attached hydrogen (secondary N) is 1. The number of rotatable bonds is 5. The van der Waals surface area contributed by atoms with Crippen LogP contribution >= 0.6 is 0 Å². The molecule has 0 unspecified atom stereocenters. The van der Waals surface area contributed by atoms with E-state index in [9.17, 15) is 9.59 Å². The Kier molecular flexibility index (Phi) is 5.07. The van der Waals surface area contributed by atoms with Gasteiger partial charge in [0.15, 0.2) is 0 Å². The number of carbonyl (C=O) groups excluding carboxylic acids is 1. The van der Waals surface area contributed by atoms with Gasteiger partial charge in [0.25, 0.3) is 0 Å². The molecule has 2 aromatic carbocycles. The van der Waals surface area contributed by atoms with Crippen LogP contribution in [0.2, 0.25) is 0 Å². The number of ether oxygens (including phenoxy) is 1. The number of para-hydroxylation sites is 2. The highest BCUT2D eigenvalue weighted by Gasteiger charge is 2.14. The fourth-order valence-electron chi connectivity index (χ4n) is 2.99. The van der Waals surface area contributed by atoms with E-state index in [-0.39, 0.29) is 18.0 Å². The fraction of sp³-hybridized carbons (Fsp3) is 0.238. The maximum Gasteiger partial charge on any atom is 0.339 e. The molecular weight excluding hydrogens is 330 g/mol. The molecule has 3 aromatic rings. The van der Waals surface area contributed by atoms with Crippen molar-refractivity contribution in [3.8, 4) is 5.75 Å². The third-order valence-electron chi connectivity index (χ3n) is 4.43. The monoisotopic (exact) mass is 351 g/mol. The van der Waals surface area contributed by atoms with Crippen LogP contribution in [0.3, 0.4) is 0 Å². The van der Waals surface area contributed by atoms with Gasteiger partial charge in [-0.3, -0.25) is 4.79 Å². The third kappa shape index (κ3) is 3.61. The standard InChI is InChI=1S/C21H21NO4/c1-13-8-9-15-14(2)16(21(24)26-19(15)12-13)10-11-20(23)22-17-6-4-5-7-18(17)25-3/h4-9,12H,10-11H2,1-3H3,(H,22,23). The summed E-state index contributed by atoms with van der Waals surface area (Å²) in [6.07, 6.45) is 0.500. The van der Waals surface area contributed by atoms with Gasteiger partial charge in [-0.15, -0.1) is 0 Å². The van der Waals surface area contributed by atoms with Crippen LogP contribution in [0.4, 0.5) is 5.69 Å². The van der Waals surface area contributed by atoms with Gasteiger partial charge in [0.05, 0.1) is 12.8 Å². The number of fused-ring (bicyclic) bond motifs is 1. The Morgan fingerprint density at radius 1 is 1.15 bits per heavy atom. The molecular formula is C21H21NO4. The molecule has 5 heteroatoms. The average molecular weight is 351 g/mol. The highest BCUT2D eigenvalue weighted by atomic mass is 16.5. The molecule has 3 rings (SSSR count). The molecule has 1 heterocycles. The zero-order valence-corrected chi connectivity index (χ0v) is 15.1. The Morgan fingerprint density at radius 3 is 2.69 bits per heavy atom. The molecule has 0 aliphatic carbocycles. The lowest BCUT2D eigenvalue weighted by Gasteiger charge is -2.11. The van der Waals surface area contributed by atoms with Crippen molar-refractivity contribution in [2.24, 2.45) is 0 Å². The van der Waals surface area contributed by atoms with Crippen LogP contribution in [-0.2, 0) is 11.2 Å². The van der Waals surface area contributed by atoms with Crippen molar-refractivity contribution in [2.75, 3.05) is 12.4 Å². The molecule has 1 amide bonds. The van der Waals surface area contributed by atoms with E-state index < -0.39 is 0 Å². The molecule has 1 aromatic heterocycles. The van der Waals surface area contributed by atoms with Crippen LogP contribution in [-0.4, -0.2) is 13.0 Å². The summed E-state index contributed by atoms with van der Waals surface area (Å²) in [6, 6.07) is 13.0. The largest absolute Gasteiger partial charge is 0.495 e. The van der Waals surface area contributed by atoms with Crippen LogP contribution in [0, 0.1) is 13.8 Å². The summed E-state index contributed by atoms with van der Waals surface area (Å²) in [4.78, 5) is 24.6. The summed E-state index contributed by atoms with van der Waals surface area (Å²) in [6.45, 7) is 3.84. The zero-order valence-electron chi connectivity index (χ0n) is 15.1. The molecule has 0 bridgehead atoms. The summed E-state index contributed by atoms with van der Waals surface area (Å²) in [7, 11) is 1.55. The molecule has 0 fully saturated rings. The SMILES string of the molecule is COc1ccccc1NC(=O)CCc1c(C)c2ccc(C)cc2oc1=O. The first kappa shape index (κ1) is 17.7. The first-order valence-corrected chi connectivity index (χ1v) is 8.45. The Hall–Kier alpha value is -3.08. The molecule has 0 spiro atoms. The molecule has 0 radical (unpaired) electrons. The number of carbonyl (C=O) groups is 1. The van der Waals surface area contributed by atoms with Crippen LogP contribution in [0.5, 0.6) is 5.75 Å². The predicted molar refractivity (Wildman–Crippen MR) is 102 cm³/mol. The van der Waals surface area contributed by atoms with Crippen LogP contribution in [0.25, 0.3) is 11.0 Å². The number of anilines is 1. The quantitative estimate of drug-likeness (QED) is 0.706. The highest BCUT2D eigenvalue weighted by molar-refractivity contribution is 5.92. The van der Waals surface area contributed by atoms with Gasteiger partial charge < -0.3 is 14.5 Å². The molecule has 1 N–H and O–H groups in total. The van der Waals surface area contributed by atoms with Gasteiger partial charge in [0.1, 0.15) is 11.3 Å². The van der Waals surface area contributed by atoms with E-state index in [1.165, 1.54) is 0 Å². The maximum absolute atomic E-state index is 12.3. The van der Waals surface area contributed by atoms with Crippen LogP contribution in [0.1, 0.15) is 23.1 Å². The van der Waals surface area contributed by atoms with Crippen molar-refractivity contribution >= 4 is 22.6 Å². The summed E-state index contributed by atoms with van der Waals surface area (Å²) >= 11 is 0. The van der Waals surface area contributed by atoms with Gasteiger partial charge in [0.2, 0.25) is 5.91 Å². The first-order valence-electron chi connectivity index (χ1n) is 8.45. The van der Waals surface area contributed by atoms with E-state index in [2.05, 4.69) is 5.32 Å². The Bertz CT molecular complexity index is 1020. The summed E-state index contributed by atoms with van der Waals surface area (Å²) in [5.74, 6) is 0.412. The minimum atomic E-state index is -0.384. The Morgan fingerprint density at radius 2 is 1.92 bits per heavy atom. The second-order valence-corrected chi connectivity index (χ2v) is 6.24. The summed E-state index contributed by atoms with van der Waals surface area (Å²) < 4.78 is 10.7. The van der Waals surface area contributed by atoms with Crippen molar-refractivity contribution < 1.29 is 13.9 Å². The van der Waals surface area contributed by atoms with Gasteiger partial charge in [-0.2, -0.15) is 0 Å². The lowest BCUT2D eigenvalue weighted by molar-refractivity contribution is -0.116. The topological polar surface area (TPSA) is 68.5 Å². The Balaban J connectivity index is 1.78. The minimum absolute atomic E-state index is 0.182. The number of amides is 1. The molecule has 26 heavy (non-hydrogen) atoms. The van der Waals surface area contributed by atoms with Gasteiger partial charge in [-0.05, 0) is 49.6 Å². The lowest BCUT2D eigenvalue weighted by Crippen LogP contribution is -2.17. The number of methoxy groups -OCH3 is 1. The van der Waals surface area contributed by atoms with Gasteiger partial charge in [-0.1, -0.05) is 24.3 Å². The molecule has 0 aliphatic heterocycles. The van der Waals surface area contributed by atoms with Crippen LogP contribution in [0.15, 0.2) is 51.7 Å². The number of aryl methyl sites for hydroxylation is 2. The number of hydrogen-bond donors (Lipinski definition) is 1. The van der Waals surface area contributed by atoms with Crippen molar-refractivity contribution in [1.82, 2.24) is 0 Å². The van der Waals surface area contributed by atoms with E-state index in [0.717, 1.165) is 16.5 Å². The second-order valence-electron chi connectivity index (χ2n) is 6.24. The molecule has 0 saturated carbocycles. The summed E-state index contributed by atoms with van der Waals surface area (Å²) in [5.41, 5.74) is 3.24. The molecule has 134 valence electrons. The Labute approximate surface area is 151 Å². The number of hydrogen-bond acceptors (Lipinski definition) is 4. The van der Waals surface area contributed by atoms with Crippen molar-refractivity contribution in [3.05, 3.63) is 69.6 Å². The van der Waals surface area contributed by atoms with Crippen molar-refractivity contribution in [2.45, 2.75) is 26.7 Å². The number of benzene rings is 2. The lowest BCUT2D eigenvalue weighted by atomic mass is 10.0. The van der Waals surface area contributed by atoms with Crippen molar-refractivity contribution in [3.63, 3.8) is 0 Å². The van der Waals surface area contributed by atoms with Gasteiger partial charge in [0, 0.05) is 17.4 Å². The van der Waals surface area contributed by atoms with E-state index in [4.69, 9.17) is 9.15 Å². The third-order valence-corrected chi connectivity index (χ3v) is 4.43. The second kappa shape index (κ2) is 7.44. The van der Waals surface area contributed by atoms with Gasteiger partial charge in [-0.25, -0.2) is 4.79 Å². The summed E-state index contributed by atoms with van der Waals surface area (Å²) in [5, 5.41) is 3.72. The van der Waals surface area contributed by atoms with Gasteiger partial charge >= 0.3 is 5.63 Å². The predicted octanol–water partition coefficient (Wildman–Crippen LogP) is 3.99. The van der Waals surface area contributed by atoms with E-state index in [1.54, 1.807) is 19.2 Å². The highest BCUT2D eigenvalue weighted by Crippen LogP contribution is 2.24. The smallest absolute Gasteiger partial charge is 0.339 e. The van der Waals surface area contributed by atoms with E-state index in [0.29, 0.717) is 29.0 Å². The molecule has 0 saturated heterocycles. The molecule has 5 nitrogen and oxygen atoms in total. The maximum atomic E-state index is 12.3. The van der Waals surface area contributed by atoms with E-state index >= 15 is 0 Å². The van der Waals surface area contributed by atoms with E-state index in [1.807, 2.05) is 44.2 Å². The molecule has 0 aliphatic rings. The normalized spacial score (nSPS) is 10.7. The minimum Gasteiger partial charge on any atom is -0.495 e. The first-order chi connectivity index (χ1) is 12.5. The van der Waals surface area contributed by atoms with Crippen molar-refractivity contribution in [1.29, 1.82) is 0 Å². The zero-order chi connectivity index (χ0) is 18.7.